The van der Waals surface area contributed by atoms with Crippen LogP contribution in [0.25, 0.3) is 5.69 Å². The maximum absolute atomic E-state index is 12.0. The van der Waals surface area contributed by atoms with E-state index < -0.39 is 6.61 Å². The largest absolute Gasteiger partial charge is 0.435 e. The zero-order valence-electron chi connectivity index (χ0n) is 9.93. The van der Waals surface area contributed by atoms with Gasteiger partial charge < -0.3 is 4.74 Å². The molecule has 6 heteroatoms. The molecule has 0 bridgehead atoms. The highest BCUT2D eigenvalue weighted by atomic mass is 19.3. The fraction of sp³-hybridized carbons (Fsp3) is 0.250. The van der Waals surface area contributed by atoms with E-state index in [1.54, 1.807) is 23.9 Å². The van der Waals surface area contributed by atoms with Crippen LogP contribution in [0.2, 0.25) is 0 Å². The highest BCUT2D eigenvalue weighted by molar-refractivity contribution is 5.37. The summed E-state index contributed by atoms with van der Waals surface area (Å²) in [5, 5.41) is 0. The molecule has 1 aromatic carbocycles. The zero-order valence-corrected chi connectivity index (χ0v) is 9.93. The van der Waals surface area contributed by atoms with Gasteiger partial charge in [0.05, 0.1) is 5.69 Å². The van der Waals surface area contributed by atoms with Gasteiger partial charge in [0.25, 0.3) is 5.56 Å². The Morgan fingerprint density at radius 1 is 1.22 bits per heavy atom. The van der Waals surface area contributed by atoms with Crippen LogP contribution in [0.5, 0.6) is 5.75 Å². The van der Waals surface area contributed by atoms with Gasteiger partial charge in [-0.05, 0) is 31.2 Å². The van der Waals surface area contributed by atoms with Gasteiger partial charge in [-0.15, -0.1) is 0 Å². The summed E-state index contributed by atoms with van der Waals surface area (Å²) >= 11 is 0. The Morgan fingerprint density at radius 2 is 1.83 bits per heavy atom. The second-order valence-electron chi connectivity index (χ2n) is 3.83. The van der Waals surface area contributed by atoms with E-state index in [1.165, 1.54) is 22.9 Å². The fourth-order valence-electron chi connectivity index (χ4n) is 1.71. The van der Waals surface area contributed by atoms with E-state index in [4.69, 9.17) is 0 Å². The standard InChI is InChI=1S/C12H12F2N2O2/c1-8-7-11(17)16(15(8)2)9-3-5-10(6-4-9)18-12(13)14/h3-7,12H,1-2H3. The number of hydrogen-bond donors (Lipinski definition) is 0. The molecule has 0 amide bonds. The molecule has 0 saturated heterocycles. The van der Waals surface area contributed by atoms with Gasteiger partial charge in [0.1, 0.15) is 5.75 Å². The smallest absolute Gasteiger partial charge is 0.387 e. The molecule has 0 aliphatic heterocycles. The molecule has 0 N–H and O–H groups in total. The van der Waals surface area contributed by atoms with Crippen molar-refractivity contribution in [3.8, 4) is 11.4 Å². The Kier molecular flexibility index (Phi) is 3.18. The van der Waals surface area contributed by atoms with Gasteiger partial charge in [-0.3, -0.25) is 9.48 Å². The summed E-state index contributed by atoms with van der Waals surface area (Å²) in [6.45, 7) is -1.04. The van der Waals surface area contributed by atoms with Crippen LogP contribution in [0.15, 0.2) is 35.1 Å². The summed E-state index contributed by atoms with van der Waals surface area (Å²) < 4.78 is 31.4. The lowest BCUT2D eigenvalue weighted by Gasteiger charge is -2.09. The van der Waals surface area contributed by atoms with Crippen molar-refractivity contribution in [2.24, 2.45) is 7.05 Å². The van der Waals surface area contributed by atoms with Crippen molar-refractivity contribution in [3.63, 3.8) is 0 Å². The molecule has 0 fully saturated rings. The molecule has 2 aromatic rings. The molecular formula is C12H12F2N2O2. The minimum absolute atomic E-state index is 0.0627. The molecule has 18 heavy (non-hydrogen) atoms. The number of alkyl halides is 2. The maximum Gasteiger partial charge on any atom is 0.387 e. The predicted octanol–water partition coefficient (Wildman–Crippen LogP) is 2.09. The van der Waals surface area contributed by atoms with Crippen molar-refractivity contribution in [2.75, 3.05) is 0 Å². The first kappa shape index (κ1) is 12.3. The number of nitrogens with zero attached hydrogens (tertiary/aromatic N) is 2. The van der Waals surface area contributed by atoms with Crippen LogP contribution in [0.4, 0.5) is 8.78 Å². The number of benzene rings is 1. The number of halogens is 2. The van der Waals surface area contributed by atoms with Crippen molar-refractivity contribution in [2.45, 2.75) is 13.5 Å². The van der Waals surface area contributed by atoms with E-state index in [0.29, 0.717) is 5.69 Å². The van der Waals surface area contributed by atoms with Gasteiger partial charge in [0, 0.05) is 18.8 Å². The van der Waals surface area contributed by atoms with E-state index in [0.717, 1.165) is 5.69 Å². The Balaban J connectivity index is 2.37. The Bertz CT molecular complexity index is 600. The first-order valence-corrected chi connectivity index (χ1v) is 5.30. The van der Waals surface area contributed by atoms with Crippen molar-refractivity contribution >= 4 is 0 Å². The molecule has 96 valence electrons. The number of hydrogen-bond acceptors (Lipinski definition) is 2. The van der Waals surface area contributed by atoms with Crippen LogP contribution in [0, 0.1) is 6.92 Å². The molecule has 0 aliphatic carbocycles. The summed E-state index contributed by atoms with van der Waals surface area (Å²) in [6.07, 6.45) is 0. The summed E-state index contributed by atoms with van der Waals surface area (Å²) in [5.41, 5.74) is 1.24. The van der Waals surface area contributed by atoms with E-state index in [2.05, 4.69) is 4.74 Å². The summed E-state index contributed by atoms with van der Waals surface area (Å²) in [6, 6.07) is 7.41. The molecule has 0 saturated carbocycles. The topological polar surface area (TPSA) is 36.2 Å². The van der Waals surface area contributed by atoms with Gasteiger partial charge in [-0.1, -0.05) is 0 Å². The molecule has 0 spiro atoms. The van der Waals surface area contributed by atoms with Crippen LogP contribution < -0.4 is 10.3 Å². The average molecular weight is 254 g/mol. The monoisotopic (exact) mass is 254 g/mol. The summed E-state index contributed by atoms with van der Waals surface area (Å²) in [5.74, 6) is 0.0627. The fourth-order valence-corrected chi connectivity index (χ4v) is 1.71. The quantitative estimate of drug-likeness (QED) is 0.840. The molecule has 0 atom stereocenters. The summed E-state index contributed by atoms with van der Waals surface area (Å²) in [7, 11) is 1.75. The maximum atomic E-state index is 12.0. The van der Waals surface area contributed by atoms with Crippen molar-refractivity contribution in [1.29, 1.82) is 0 Å². The third-order valence-electron chi connectivity index (χ3n) is 2.66. The normalized spacial score (nSPS) is 10.9. The zero-order chi connectivity index (χ0) is 13.3. The number of ether oxygens (including phenoxy) is 1. The van der Waals surface area contributed by atoms with Crippen molar-refractivity contribution in [1.82, 2.24) is 9.36 Å². The minimum Gasteiger partial charge on any atom is -0.435 e. The lowest BCUT2D eigenvalue weighted by atomic mass is 10.3. The van der Waals surface area contributed by atoms with Crippen LogP contribution in [0.1, 0.15) is 5.69 Å². The van der Waals surface area contributed by atoms with Crippen molar-refractivity contribution < 1.29 is 13.5 Å². The Hall–Kier alpha value is -2.11. The molecule has 2 rings (SSSR count). The first-order chi connectivity index (χ1) is 8.49. The molecule has 0 unspecified atom stereocenters. The van der Waals surface area contributed by atoms with Crippen LogP contribution in [-0.4, -0.2) is 16.0 Å². The lowest BCUT2D eigenvalue weighted by molar-refractivity contribution is -0.0498. The molecule has 1 aromatic heterocycles. The van der Waals surface area contributed by atoms with Gasteiger partial charge in [-0.2, -0.15) is 8.78 Å². The first-order valence-electron chi connectivity index (χ1n) is 5.30. The Morgan fingerprint density at radius 3 is 2.28 bits per heavy atom. The van der Waals surface area contributed by atoms with Crippen molar-refractivity contribution in [3.05, 3.63) is 46.4 Å². The predicted molar refractivity (Wildman–Crippen MR) is 62.4 cm³/mol. The lowest BCUT2D eigenvalue weighted by Crippen LogP contribution is -2.19. The van der Waals surface area contributed by atoms with Gasteiger partial charge >= 0.3 is 6.61 Å². The van der Waals surface area contributed by atoms with Crippen LogP contribution in [0.3, 0.4) is 0 Å². The highest BCUT2D eigenvalue weighted by Crippen LogP contribution is 2.16. The SMILES string of the molecule is Cc1cc(=O)n(-c2ccc(OC(F)F)cc2)n1C. The van der Waals surface area contributed by atoms with E-state index in [1.807, 2.05) is 6.92 Å². The van der Waals surface area contributed by atoms with Crippen LogP contribution >= 0.6 is 0 Å². The molecule has 0 aliphatic rings. The van der Waals surface area contributed by atoms with Gasteiger partial charge in [0.15, 0.2) is 0 Å². The average Bonchev–Trinajstić information content (AvgIpc) is 2.54. The third-order valence-corrected chi connectivity index (χ3v) is 2.66. The highest BCUT2D eigenvalue weighted by Gasteiger charge is 2.08. The Labute approximate surface area is 102 Å². The molecule has 0 radical (unpaired) electrons. The van der Waals surface area contributed by atoms with E-state index >= 15 is 0 Å². The van der Waals surface area contributed by atoms with Crippen LogP contribution in [-0.2, 0) is 7.05 Å². The second kappa shape index (κ2) is 4.64. The number of aryl methyl sites for hydroxylation is 1. The summed E-state index contributed by atoms with van der Waals surface area (Å²) in [4.78, 5) is 11.7. The molecule has 1 heterocycles. The van der Waals surface area contributed by atoms with Gasteiger partial charge in [0.2, 0.25) is 0 Å². The molecular weight excluding hydrogens is 242 g/mol. The van der Waals surface area contributed by atoms with E-state index in [9.17, 15) is 13.6 Å². The molecule has 4 nitrogen and oxygen atoms in total. The second-order valence-corrected chi connectivity index (χ2v) is 3.83. The van der Waals surface area contributed by atoms with E-state index in [-0.39, 0.29) is 11.3 Å². The minimum atomic E-state index is -2.85. The number of aromatic nitrogens is 2. The number of rotatable bonds is 3. The van der Waals surface area contributed by atoms with Gasteiger partial charge in [-0.25, -0.2) is 4.68 Å². The third kappa shape index (κ3) is 2.27.